The molecule has 0 unspecified atom stereocenters. The van der Waals surface area contributed by atoms with Crippen LogP contribution in [0, 0.1) is 6.92 Å². The summed E-state index contributed by atoms with van der Waals surface area (Å²) < 4.78 is 103. The minimum Gasteiger partial charge on any atom is -0.475 e. The van der Waals surface area contributed by atoms with Crippen LogP contribution in [-0.2, 0) is 40.6 Å². The van der Waals surface area contributed by atoms with E-state index < -0.39 is 36.4 Å². The summed E-state index contributed by atoms with van der Waals surface area (Å²) in [4.78, 5) is 38.9. The fourth-order valence-corrected chi connectivity index (χ4v) is 3.60. The molecule has 2 aromatic rings. The van der Waals surface area contributed by atoms with Gasteiger partial charge < -0.3 is 29.2 Å². The summed E-state index contributed by atoms with van der Waals surface area (Å²) in [6.45, 7) is 11.4. The van der Waals surface area contributed by atoms with Gasteiger partial charge in [0, 0.05) is 52.0 Å². The second-order valence-corrected chi connectivity index (χ2v) is 9.55. The first kappa shape index (κ1) is 39.2. The fraction of sp³-hybridized carbons (Fsp3) is 0.583. The molecule has 0 aliphatic carbocycles. The Morgan fingerprint density at radius 3 is 1.60 bits per heavy atom. The highest BCUT2D eigenvalue weighted by Crippen LogP contribution is 2.18. The molecular weight excluding hydrogens is 641 g/mol. The molecular formula is C24H30F9N5O7. The number of piperazine rings is 1. The van der Waals surface area contributed by atoms with Gasteiger partial charge in [0.25, 0.3) is 0 Å². The van der Waals surface area contributed by atoms with Gasteiger partial charge in [0.05, 0.1) is 18.8 Å². The third-order valence-corrected chi connectivity index (χ3v) is 5.82. The number of carboxylic acid groups (broad SMARTS) is 3. The van der Waals surface area contributed by atoms with Crippen LogP contribution in [0.5, 0.6) is 0 Å². The van der Waals surface area contributed by atoms with Gasteiger partial charge in [-0.15, -0.1) is 0 Å². The van der Waals surface area contributed by atoms with Crippen molar-refractivity contribution >= 4 is 17.9 Å². The number of imidazole rings is 1. The van der Waals surface area contributed by atoms with Crippen LogP contribution in [0.15, 0.2) is 22.7 Å². The van der Waals surface area contributed by atoms with Crippen LogP contribution in [0.2, 0.25) is 0 Å². The molecule has 2 aliphatic heterocycles. The molecule has 45 heavy (non-hydrogen) atoms. The average molecular weight is 672 g/mol. The maximum atomic E-state index is 10.6. The molecule has 0 bridgehead atoms. The lowest BCUT2D eigenvalue weighted by atomic mass is 10.3. The molecule has 256 valence electrons. The van der Waals surface area contributed by atoms with Crippen molar-refractivity contribution in [1.82, 2.24) is 24.3 Å². The molecule has 4 rings (SSSR count). The normalized spacial score (nSPS) is 16.2. The van der Waals surface area contributed by atoms with E-state index in [-0.39, 0.29) is 0 Å². The van der Waals surface area contributed by atoms with E-state index >= 15 is 0 Å². The van der Waals surface area contributed by atoms with Crippen molar-refractivity contribution in [2.24, 2.45) is 0 Å². The number of aliphatic carboxylic acids is 3. The Morgan fingerprint density at radius 2 is 1.20 bits per heavy atom. The fourth-order valence-electron chi connectivity index (χ4n) is 3.60. The average Bonchev–Trinajstić information content (AvgIpc) is 3.49. The molecule has 1 saturated heterocycles. The quantitative estimate of drug-likeness (QED) is 0.410. The monoisotopic (exact) mass is 671 g/mol. The van der Waals surface area contributed by atoms with Crippen molar-refractivity contribution in [3.63, 3.8) is 0 Å². The van der Waals surface area contributed by atoms with Gasteiger partial charge in [0.2, 0.25) is 0 Å². The number of likely N-dealkylation sites (N-methyl/N-ethyl adjacent to an activating group) is 1. The molecule has 12 nitrogen and oxygen atoms in total. The smallest absolute Gasteiger partial charge is 0.475 e. The van der Waals surface area contributed by atoms with Crippen LogP contribution in [0.25, 0.3) is 0 Å². The Balaban J connectivity index is 0.000000396. The van der Waals surface area contributed by atoms with Crippen LogP contribution in [0.4, 0.5) is 39.5 Å². The van der Waals surface area contributed by atoms with Crippen molar-refractivity contribution in [3.8, 4) is 0 Å². The Kier molecular flexibility index (Phi) is 14.3. The second-order valence-electron chi connectivity index (χ2n) is 9.55. The standard InChI is InChI=1S/C18H27N5O.3C2HF3O2/c1-15-3-4-17(24-15)13-22-9-10-23-12-16(19-18(23)14-22)11-21-7-5-20(2)6-8-21;3*3-2(4,5)1(6)7/h3-4,12H,5-11,13-14H2,1-2H3;3*(H,6,7). The Labute approximate surface area is 249 Å². The third kappa shape index (κ3) is 15.1. The summed E-state index contributed by atoms with van der Waals surface area (Å²) >= 11 is 0. The number of hydrogen-bond donors (Lipinski definition) is 3. The van der Waals surface area contributed by atoms with Gasteiger partial charge in [-0.1, -0.05) is 0 Å². The lowest BCUT2D eigenvalue weighted by Gasteiger charge is -2.31. The second kappa shape index (κ2) is 16.5. The molecule has 0 atom stereocenters. The molecule has 4 heterocycles. The molecule has 2 aromatic heterocycles. The number of aromatic nitrogens is 2. The number of hydrogen-bond acceptors (Lipinski definition) is 8. The van der Waals surface area contributed by atoms with Gasteiger partial charge in [0.15, 0.2) is 0 Å². The van der Waals surface area contributed by atoms with Crippen LogP contribution < -0.4 is 0 Å². The number of nitrogens with zero attached hydrogens (tertiary/aromatic N) is 5. The zero-order chi connectivity index (χ0) is 34.8. The van der Waals surface area contributed by atoms with E-state index in [9.17, 15) is 39.5 Å². The maximum absolute atomic E-state index is 10.6. The molecule has 0 spiro atoms. The molecule has 1 fully saturated rings. The summed E-state index contributed by atoms with van der Waals surface area (Å²) in [7, 11) is 2.20. The van der Waals surface area contributed by atoms with Gasteiger partial charge in [0.1, 0.15) is 17.3 Å². The highest BCUT2D eigenvalue weighted by molar-refractivity contribution is 5.73. The van der Waals surface area contributed by atoms with Crippen molar-refractivity contribution in [1.29, 1.82) is 0 Å². The number of rotatable bonds is 4. The highest BCUT2D eigenvalue weighted by Gasteiger charge is 2.39. The summed E-state index contributed by atoms with van der Waals surface area (Å²) in [6, 6.07) is 4.11. The number of aryl methyl sites for hydroxylation is 1. The van der Waals surface area contributed by atoms with E-state index in [4.69, 9.17) is 39.1 Å². The number of halogens is 9. The summed E-state index contributed by atoms with van der Waals surface area (Å²) in [5.41, 5.74) is 1.21. The van der Waals surface area contributed by atoms with Crippen LogP contribution in [0.3, 0.4) is 0 Å². The first-order chi connectivity index (χ1) is 20.5. The minimum atomic E-state index is -5.08. The largest absolute Gasteiger partial charge is 0.490 e. The summed E-state index contributed by atoms with van der Waals surface area (Å²) in [6.07, 6.45) is -13.0. The van der Waals surface area contributed by atoms with Crippen molar-refractivity contribution in [2.75, 3.05) is 39.8 Å². The van der Waals surface area contributed by atoms with Gasteiger partial charge in [-0.3, -0.25) is 9.80 Å². The van der Waals surface area contributed by atoms with Crippen molar-refractivity contribution in [3.05, 3.63) is 41.4 Å². The van der Waals surface area contributed by atoms with Gasteiger partial charge in [-0.2, -0.15) is 39.5 Å². The first-order valence-electron chi connectivity index (χ1n) is 12.6. The molecule has 21 heteroatoms. The molecule has 0 amide bonds. The zero-order valence-electron chi connectivity index (χ0n) is 23.7. The Morgan fingerprint density at radius 1 is 0.756 bits per heavy atom. The number of carboxylic acids is 3. The van der Waals surface area contributed by atoms with E-state index in [2.05, 4.69) is 38.6 Å². The predicted molar refractivity (Wildman–Crippen MR) is 134 cm³/mol. The van der Waals surface area contributed by atoms with Crippen LogP contribution in [0.1, 0.15) is 23.0 Å². The van der Waals surface area contributed by atoms with Crippen LogP contribution >= 0.6 is 0 Å². The van der Waals surface area contributed by atoms with Gasteiger partial charge >= 0.3 is 36.4 Å². The Hall–Kier alpha value is -3.85. The Bertz CT molecular complexity index is 1190. The molecule has 3 N–H and O–H groups in total. The van der Waals surface area contributed by atoms with Gasteiger partial charge in [-0.05, 0) is 26.1 Å². The SMILES string of the molecule is Cc1ccc(CN2CCn3cc(CN4CCN(C)CC4)nc3C2)o1.O=C(O)C(F)(F)F.O=C(O)C(F)(F)F.O=C(O)C(F)(F)F. The summed E-state index contributed by atoms with van der Waals surface area (Å²) in [5, 5.41) is 21.4. The highest BCUT2D eigenvalue weighted by atomic mass is 19.4. The van der Waals surface area contributed by atoms with Crippen molar-refractivity contribution < 1.29 is 73.6 Å². The maximum Gasteiger partial charge on any atom is 0.490 e. The topological polar surface area (TPSA) is 153 Å². The molecule has 0 aromatic carbocycles. The number of furan rings is 1. The number of carbonyl (C=O) groups is 3. The molecule has 2 aliphatic rings. The zero-order valence-corrected chi connectivity index (χ0v) is 23.7. The lowest BCUT2D eigenvalue weighted by molar-refractivity contribution is -0.193. The summed E-state index contributed by atoms with van der Waals surface area (Å²) in [5.74, 6) is -5.05. The minimum absolute atomic E-state index is 0.870. The molecule has 0 radical (unpaired) electrons. The first-order valence-corrected chi connectivity index (χ1v) is 12.6. The van der Waals surface area contributed by atoms with Crippen molar-refractivity contribution in [2.45, 2.75) is 51.6 Å². The predicted octanol–water partition coefficient (Wildman–Crippen LogP) is 3.45. The van der Waals surface area contributed by atoms with E-state index in [1.54, 1.807) is 0 Å². The number of fused-ring (bicyclic) bond motifs is 1. The van der Waals surface area contributed by atoms with E-state index in [0.717, 1.165) is 70.4 Å². The van der Waals surface area contributed by atoms with E-state index in [1.807, 2.05) is 13.0 Å². The van der Waals surface area contributed by atoms with Crippen LogP contribution in [-0.4, -0.2) is 116 Å². The van der Waals surface area contributed by atoms with E-state index in [0.29, 0.717) is 0 Å². The van der Waals surface area contributed by atoms with E-state index in [1.165, 1.54) is 11.5 Å². The van der Waals surface area contributed by atoms with Gasteiger partial charge in [-0.25, -0.2) is 19.4 Å². The molecule has 0 saturated carbocycles. The third-order valence-electron chi connectivity index (χ3n) is 5.82. The lowest BCUT2D eigenvalue weighted by Crippen LogP contribution is -2.43. The number of alkyl halides is 9.